The summed E-state index contributed by atoms with van der Waals surface area (Å²) in [6, 6.07) is 9.56. The Morgan fingerprint density at radius 2 is 1.94 bits per heavy atom. The molecule has 0 bridgehead atoms. The van der Waals surface area contributed by atoms with Crippen molar-refractivity contribution in [3.8, 4) is 5.75 Å². The summed E-state index contributed by atoms with van der Waals surface area (Å²) in [6.07, 6.45) is 2.48. The van der Waals surface area contributed by atoms with Crippen molar-refractivity contribution in [3.05, 3.63) is 69.4 Å². The fourth-order valence-corrected chi connectivity index (χ4v) is 5.40. The molecule has 2 aromatic carbocycles. The minimum Gasteiger partial charge on any atom is -0.473 e. The molecule has 6 nitrogen and oxygen atoms in total. The zero-order valence-electron chi connectivity index (χ0n) is 15.6. The second-order valence-electron chi connectivity index (χ2n) is 6.78. The van der Waals surface area contributed by atoms with Gasteiger partial charge in [-0.05, 0) is 43.2 Å². The first-order valence-electron chi connectivity index (χ1n) is 9.04. The number of nitrogens with one attached hydrogen (secondary N) is 1. The van der Waals surface area contributed by atoms with E-state index >= 15 is 0 Å². The third-order valence-electron chi connectivity index (χ3n) is 4.51. The number of hydrogen-bond donors (Lipinski definition) is 1. The maximum absolute atomic E-state index is 14.3. The number of hydrogen-bond acceptors (Lipinski definition) is 6. The number of rotatable bonds is 7. The predicted octanol–water partition coefficient (Wildman–Crippen LogP) is 5.08. The van der Waals surface area contributed by atoms with E-state index in [4.69, 9.17) is 27.9 Å². The number of thiazole rings is 1. The van der Waals surface area contributed by atoms with Gasteiger partial charge in [-0.15, -0.1) is 0 Å². The van der Waals surface area contributed by atoms with Crippen LogP contribution in [-0.2, 0) is 14.6 Å². The van der Waals surface area contributed by atoms with Gasteiger partial charge in [0.25, 0.3) is 5.91 Å². The van der Waals surface area contributed by atoms with E-state index in [2.05, 4.69) is 16.5 Å². The Balaban J connectivity index is 1.64. The van der Waals surface area contributed by atoms with Gasteiger partial charge in [0.05, 0.1) is 10.1 Å². The number of nitrogens with zero attached hydrogens (tertiary/aromatic N) is 1. The predicted molar refractivity (Wildman–Crippen MR) is 116 cm³/mol. The molecule has 1 radical (unpaired) electrons. The molecule has 1 fully saturated rings. The van der Waals surface area contributed by atoms with Crippen LogP contribution in [0.1, 0.15) is 24.5 Å². The average molecular weight is 500 g/mol. The molecule has 1 aromatic heterocycles. The monoisotopic (exact) mass is 499 g/mol. The number of amides is 1. The number of sulfone groups is 1. The van der Waals surface area contributed by atoms with Crippen LogP contribution in [0.3, 0.4) is 0 Å². The average Bonchev–Trinajstić information content (AvgIpc) is 3.51. The summed E-state index contributed by atoms with van der Waals surface area (Å²) in [7, 11) is -3.39. The topological polar surface area (TPSA) is 85.4 Å². The summed E-state index contributed by atoms with van der Waals surface area (Å²) in [5.41, 5.74) is 0.327. The molecule has 1 atom stereocenters. The van der Waals surface area contributed by atoms with E-state index in [0.29, 0.717) is 18.4 Å². The third-order valence-corrected chi connectivity index (χ3v) is 8.00. The summed E-state index contributed by atoms with van der Waals surface area (Å²) in [6.45, 7) is 0. The number of ether oxygens (including phenoxy) is 1. The van der Waals surface area contributed by atoms with Crippen molar-refractivity contribution in [2.45, 2.75) is 29.1 Å². The van der Waals surface area contributed by atoms with Gasteiger partial charge in [-0.2, -0.15) is 0 Å². The van der Waals surface area contributed by atoms with Gasteiger partial charge >= 0.3 is 0 Å². The van der Waals surface area contributed by atoms with Crippen molar-refractivity contribution in [3.63, 3.8) is 0 Å². The van der Waals surface area contributed by atoms with Crippen LogP contribution in [0.15, 0.2) is 47.4 Å². The minimum absolute atomic E-state index is 0.164. The van der Waals surface area contributed by atoms with E-state index < -0.39 is 27.7 Å². The Morgan fingerprint density at radius 1 is 1.23 bits per heavy atom. The lowest BCUT2D eigenvalue weighted by Gasteiger charge is -2.19. The molecule has 1 unspecified atom stereocenters. The molecule has 1 N–H and O–H groups in total. The third kappa shape index (κ3) is 5.01. The lowest BCUT2D eigenvalue weighted by Crippen LogP contribution is -2.26. The molecule has 0 spiro atoms. The fraction of sp³-hybridized carbons (Fsp3) is 0.200. The summed E-state index contributed by atoms with van der Waals surface area (Å²) in [4.78, 5) is 16.9. The van der Waals surface area contributed by atoms with E-state index in [1.165, 1.54) is 36.4 Å². The lowest BCUT2D eigenvalue weighted by molar-refractivity contribution is -0.123. The molecule has 0 aliphatic heterocycles. The van der Waals surface area contributed by atoms with Crippen molar-refractivity contribution < 1.29 is 22.3 Å². The Bertz CT molecular complexity index is 1230. The van der Waals surface area contributed by atoms with Crippen LogP contribution in [0.25, 0.3) is 0 Å². The highest BCUT2D eigenvalue weighted by molar-refractivity contribution is 7.92. The molecule has 1 saturated carbocycles. The van der Waals surface area contributed by atoms with Gasteiger partial charge in [-0.25, -0.2) is 17.8 Å². The van der Waals surface area contributed by atoms with E-state index in [1.807, 2.05) is 0 Å². The first kappa shape index (κ1) is 22.0. The van der Waals surface area contributed by atoms with Crippen LogP contribution < -0.4 is 10.1 Å². The van der Waals surface area contributed by atoms with Crippen LogP contribution in [0.4, 0.5) is 9.52 Å². The van der Waals surface area contributed by atoms with Gasteiger partial charge in [0, 0.05) is 10.6 Å². The highest BCUT2D eigenvalue weighted by Gasteiger charge is 2.37. The van der Waals surface area contributed by atoms with Crippen LogP contribution in [0, 0.1) is 12.0 Å². The molecule has 0 saturated heterocycles. The van der Waals surface area contributed by atoms with Gasteiger partial charge in [0.1, 0.15) is 10.5 Å². The van der Waals surface area contributed by atoms with Crippen molar-refractivity contribution in [1.29, 1.82) is 0 Å². The zero-order valence-corrected chi connectivity index (χ0v) is 18.8. The van der Waals surface area contributed by atoms with Crippen molar-refractivity contribution >= 4 is 55.4 Å². The maximum Gasteiger partial charge on any atom is 0.271 e. The smallest absolute Gasteiger partial charge is 0.271 e. The fourth-order valence-electron chi connectivity index (χ4n) is 2.82. The highest BCUT2D eigenvalue weighted by Crippen LogP contribution is 2.34. The maximum atomic E-state index is 14.3. The summed E-state index contributed by atoms with van der Waals surface area (Å²) in [5.74, 6) is -1.58. The summed E-state index contributed by atoms with van der Waals surface area (Å²) >= 11 is 12.6. The van der Waals surface area contributed by atoms with Crippen molar-refractivity contribution in [2.75, 3.05) is 5.32 Å². The molecular weight excluding hydrogens is 486 g/mol. The number of anilines is 1. The molecular formula is C20H14Cl2FN2O4S2. The van der Waals surface area contributed by atoms with Gasteiger partial charge in [0.2, 0.25) is 6.10 Å². The van der Waals surface area contributed by atoms with Crippen LogP contribution >= 0.6 is 34.5 Å². The minimum atomic E-state index is -3.39. The SMILES string of the molecule is O=C(Nc1n[c]c(Cl)s1)C(Oc1ccc(Cl)cc1F)c1ccc(S(=O)(=O)C2CC2)cc1. The molecule has 1 aliphatic rings. The standard InChI is InChI=1S/C20H14Cl2FN2O4S2/c21-12-3-8-16(15(23)9-12)29-18(19(26)25-20-24-10-17(22)30-20)11-1-4-13(5-2-11)31(27,28)14-6-7-14/h1-5,8-9,14,18H,6-7H2,(H,24,25,26). The quantitative estimate of drug-likeness (QED) is 0.489. The highest BCUT2D eigenvalue weighted by atomic mass is 35.5. The molecule has 31 heavy (non-hydrogen) atoms. The molecule has 4 rings (SSSR count). The van der Waals surface area contributed by atoms with Gasteiger partial charge < -0.3 is 4.74 Å². The Kier molecular flexibility index (Phi) is 6.20. The van der Waals surface area contributed by atoms with E-state index in [9.17, 15) is 17.6 Å². The Hall–Kier alpha value is -2.20. The van der Waals surface area contributed by atoms with Crippen molar-refractivity contribution in [2.24, 2.45) is 0 Å². The largest absolute Gasteiger partial charge is 0.473 e. The Morgan fingerprint density at radius 3 is 2.52 bits per heavy atom. The van der Waals surface area contributed by atoms with Gasteiger partial charge in [0.15, 0.2) is 26.5 Å². The van der Waals surface area contributed by atoms with Crippen LogP contribution in [-0.4, -0.2) is 24.6 Å². The number of carbonyl (C=O) groups is 1. The number of carbonyl (C=O) groups excluding carboxylic acids is 1. The molecule has 1 amide bonds. The second-order valence-corrected chi connectivity index (χ2v) is 11.0. The molecule has 161 valence electrons. The van der Waals surface area contributed by atoms with E-state index in [0.717, 1.165) is 17.4 Å². The Labute approximate surface area is 191 Å². The van der Waals surface area contributed by atoms with Crippen LogP contribution in [0.5, 0.6) is 5.75 Å². The molecule has 1 aliphatic carbocycles. The first-order chi connectivity index (χ1) is 14.7. The van der Waals surface area contributed by atoms with E-state index in [-0.39, 0.29) is 30.4 Å². The van der Waals surface area contributed by atoms with Gasteiger partial charge in [-0.3, -0.25) is 10.1 Å². The van der Waals surface area contributed by atoms with Gasteiger partial charge in [-0.1, -0.05) is 46.7 Å². The molecule has 3 aromatic rings. The van der Waals surface area contributed by atoms with Crippen molar-refractivity contribution in [1.82, 2.24) is 4.98 Å². The lowest BCUT2D eigenvalue weighted by atomic mass is 10.1. The number of benzene rings is 2. The number of halogens is 3. The summed E-state index contributed by atoms with van der Waals surface area (Å²) < 4.78 is 45.0. The second kappa shape index (κ2) is 8.74. The molecule has 11 heteroatoms. The zero-order chi connectivity index (χ0) is 22.2. The number of aromatic nitrogens is 1. The molecule has 1 heterocycles. The van der Waals surface area contributed by atoms with E-state index in [1.54, 1.807) is 0 Å². The first-order valence-corrected chi connectivity index (χ1v) is 12.2. The normalized spacial score (nSPS) is 14.8. The van der Waals surface area contributed by atoms with Crippen LogP contribution in [0.2, 0.25) is 9.36 Å². The summed E-state index contributed by atoms with van der Waals surface area (Å²) in [5, 5.41) is 2.55.